The highest BCUT2D eigenvalue weighted by molar-refractivity contribution is 6.38. The quantitative estimate of drug-likeness (QED) is 0.306. The molecule has 4 aromatic rings. The van der Waals surface area contributed by atoms with Gasteiger partial charge in [0.1, 0.15) is 0 Å². The summed E-state index contributed by atoms with van der Waals surface area (Å²) in [5.74, 6) is 3.48. The molecule has 4 aromatic carbocycles. The van der Waals surface area contributed by atoms with E-state index in [-0.39, 0.29) is 5.41 Å². The van der Waals surface area contributed by atoms with Gasteiger partial charge in [-0.1, -0.05) is 78.3 Å². The summed E-state index contributed by atoms with van der Waals surface area (Å²) in [5.41, 5.74) is 9.15. The normalized spacial score (nSPS) is 34.7. The Morgan fingerprint density at radius 1 is 0.686 bits per heavy atom. The van der Waals surface area contributed by atoms with E-state index in [2.05, 4.69) is 84.2 Å². The first-order chi connectivity index (χ1) is 17.2. The van der Waals surface area contributed by atoms with Gasteiger partial charge in [0.2, 0.25) is 0 Å². The summed E-state index contributed by atoms with van der Waals surface area (Å²) in [4.78, 5) is 0. The molecule has 4 fully saturated rings. The van der Waals surface area contributed by atoms with Crippen molar-refractivity contribution in [2.45, 2.75) is 37.5 Å². The molecule has 3 bridgehead atoms. The standard InChI is InChI=1S/C33H28ClN/c34-31-22-7-2-1-6-21(22)12-13-27(31)35-26-11-5-9-24-23-8-3-4-10-25(23)33(30(24)26)28-15-19-14-20-16-29(33)32(28,17-19)18-20/h1-13,19-20,28-29,35H,14-18H2. The minimum absolute atomic E-state index is 0.169. The van der Waals surface area contributed by atoms with Crippen LogP contribution in [-0.4, -0.2) is 0 Å². The van der Waals surface area contributed by atoms with Crippen LogP contribution in [0.1, 0.15) is 43.2 Å². The number of fused-ring (bicyclic) bond motifs is 10. The van der Waals surface area contributed by atoms with Crippen molar-refractivity contribution in [3.63, 3.8) is 0 Å². The highest BCUT2D eigenvalue weighted by atomic mass is 35.5. The van der Waals surface area contributed by atoms with E-state index in [0.717, 1.165) is 39.8 Å². The molecule has 0 saturated heterocycles. The van der Waals surface area contributed by atoms with Crippen molar-refractivity contribution in [1.82, 2.24) is 0 Å². The first-order valence-corrected chi connectivity index (χ1v) is 13.8. The number of nitrogens with one attached hydrogen (secondary N) is 1. The molecule has 0 radical (unpaired) electrons. The lowest BCUT2D eigenvalue weighted by atomic mass is 9.38. The summed E-state index contributed by atoms with van der Waals surface area (Å²) in [6, 6.07) is 29.0. The van der Waals surface area contributed by atoms with E-state index in [1.807, 2.05) is 0 Å². The Labute approximate surface area is 211 Å². The molecule has 2 spiro atoms. The molecule has 0 heterocycles. The number of rotatable bonds is 2. The second-order valence-electron chi connectivity index (χ2n) is 12.1. The maximum atomic E-state index is 6.99. The predicted octanol–water partition coefficient (Wildman–Crippen LogP) is 8.96. The first-order valence-electron chi connectivity index (χ1n) is 13.4. The van der Waals surface area contributed by atoms with Crippen LogP contribution in [-0.2, 0) is 5.41 Å². The van der Waals surface area contributed by atoms with Crippen LogP contribution >= 0.6 is 11.6 Å². The summed E-state index contributed by atoms with van der Waals surface area (Å²) in [5, 5.41) is 6.98. The number of hydrogen-bond donors (Lipinski definition) is 1. The zero-order valence-electron chi connectivity index (χ0n) is 19.7. The third-order valence-electron chi connectivity index (χ3n) is 10.9. The van der Waals surface area contributed by atoms with Crippen molar-refractivity contribution in [1.29, 1.82) is 0 Å². The van der Waals surface area contributed by atoms with Crippen molar-refractivity contribution in [2.75, 3.05) is 5.32 Å². The van der Waals surface area contributed by atoms with Crippen LogP contribution in [0.5, 0.6) is 0 Å². The first kappa shape index (κ1) is 19.4. The molecule has 4 saturated carbocycles. The average Bonchev–Trinajstić information content (AvgIpc) is 3.42. The van der Waals surface area contributed by atoms with E-state index < -0.39 is 0 Å². The lowest BCUT2D eigenvalue weighted by molar-refractivity contribution is -0.0816. The molecule has 0 aromatic heterocycles. The molecule has 5 aliphatic rings. The number of benzene rings is 4. The topological polar surface area (TPSA) is 12.0 Å². The van der Waals surface area contributed by atoms with E-state index in [9.17, 15) is 0 Å². The van der Waals surface area contributed by atoms with Crippen LogP contribution in [0.25, 0.3) is 21.9 Å². The number of anilines is 2. The third-order valence-corrected chi connectivity index (χ3v) is 11.3. The second-order valence-corrected chi connectivity index (χ2v) is 12.5. The van der Waals surface area contributed by atoms with E-state index in [1.54, 1.807) is 11.1 Å². The van der Waals surface area contributed by atoms with Crippen LogP contribution < -0.4 is 5.32 Å². The fourth-order valence-corrected chi connectivity index (χ4v) is 10.6. The summed E-state index contributed by atoms with van der Waals surface area (Å²) >= 11 is 6.99. The monoisotopic (exact) mass is 473 g/mol. The lowest BCUT2D eigenvalue weighted by Crippen LogP contribution is -2.62. The molecule has 9 rings (SSSR count). The molecule has 1 N–H and O–H groups in total. The molecule has 172 valence electrons. The smallest absolute Gasteiger partial charge is 0.0719 e. The zero-order chi connectivity index (χ0) is 22.9. The summed E-state index contributed by atoms with van der Waals surface area (Å²) in [7, 11) is 0. The maximum Gasteiger partial charge on any atom is 0.0719 e. The molecular weight excluding hydrogens is 446 g/mol. The van der Waals surface area contributed by atoms with E-state index in [0.29, 0.717) is 5.41 Å². The Kier molecular flexibility index (Phi) is 3.50. The van der Waals surface area contributed by atoms with Gasteiger partial charge in [-0.3, -0.25) is 0 Å². The van der Waals surface area contributed by atoms with Gasteiger partial charge < -0.3 is 5.32 Å². The summed E-state index contributed by atoms with van der Waals surface area (Å²) < 4.78 is 0. The Bertz CT molecular complexity index is 1540. The van der Waals surface area contributed by atoms with Crippen LogP contribution in [0.15, 0.2) is 78.9 Å². The Balaban J connectivity index is 1.27. The van der Waals surface area contributed by atoms with Crippen LogP contribution in [0.2, 0.25) is 5.02 Å². The third kappa shape index (κ3) is 2.12. The van der Waals surface area contributed by atoms with Crippen molar-refractivity contribution in [3.05, 3.63) is 95.0 Å². The van der Waals surface area contributed by atoms with Gasteiger partial charge in [0.05, 0.1) is 10.7 Å². The second kappa shape index (κ2) is 6.31. The molecule has 4 atom stereocenters. The van der Waals surface area contributed by atoms with Gasteiger partial charge in [-0.15, -0.1) is 0 Å². The number of halogens is 1. The molecule has 4 unspecified atom stereocenters. The van der Waals surface area contributed by atoms with Gasteiger partial charge in [0.15, 0.2) is 0 Å². The highest BCUT2D eigenvalue weighted by Crippen LogP contribution is 2.85. The van der Waals surface area contributed by atoms with Crippen molar-refractivity contribution in [3.8, 4) is 11.1 Å². The molecule has 35 heavy (non-hydrogen) atoms. The Morgan fingerprint density at radius 2 is 1.43 bits per heavy atom. The number of hydrogen-bond acceptors (Lipinski definition) is 1. The van der Waals surface area contributed by atoms with Gasteiger partial charge in [0.25, 0.3) is 0 Å². The average molecular weight is 474 g/mol. The fraction of sp³-hybridized carbons (Fsp3) is 0.333. The van der Waals surface area contributed by atoms with E-state index >= 15 is 0 Å². The van der Waals surface area contributed by atoms with Crippen molar-refractivity contribution in [2.24, 2.45) is 29.1 Å². The van der Waals surface area contributed by atoms with E-state index in [1.165, 1.54) is 54.3 Å². The lowest BCUT2D eigenvalue weighted by Gasteiger charge is -2.64. The molecule has 5 aliphatic carbocycles. The van der Waals surface area contributed by atoms with Crippen LogP contribution in [0.4, 0.5) is 11.4 Å². The van der Waals surface area contributed by atoms with Gasteiger partial charge in [-0.05, 0) is 101 Å². The van der Waals surface area contributed by atoms with Gasteiger partial charge in [-0.2, -0.15) is 0 Å². The largest absolute Gasteiger partial charge is 0.354 e. The molecule has 2 heteroatoms. The summed E-state index contributed by atoms with van der Waals surface area (Å²) in [6.07, 6.45) is 7.32. The van der Waals surface area contributed by atoms with Gasteiger partial charge in [-0.25, -0.2) is 0 Å². The maximum absolute atomic E-state index is 6.99. The van der Waals surface area contributed by atoms with Gasteiger partial charge >= 0.3 is 0 Å². The Morgan fingerprint density at radius 3 is 2.29 bits per heavy atom. The zero-order valence-corrected chi connectivity index (χ0v) is 20.5. The fourth-order valence-electron chi connectivity index (χ4n) is 10.3. The SMILES string of the molecule is Clc1c(Nc2cccc3c2C2(c4ccccc4-3)C3CC4CC5CC2C3(C4)C5)ccc2ccccc12. The molecule has 0 aliphatic heterocycles. The molecule has 0 amide bonds. The minimum atomic E-state index is 0.169. The molecule has 1 nitrogen and oxygen atoms in total. The Hall–Kier alpha value is -2.77. The summed E-state index contributed by atoms with van der Waals surface area (Å²) in [6.45, 7) is 0. The van der Waals surface area contributed by atoms with Crippen LogP contribution in [0.3, 0.4) is 0 Å². The van der Waals surface area contributed by atoms with Crippen molar-refractivity contribution < 1.29 is 0 Å². The van der Waals surface area contributed by atoms with E-state index in [4.69, 9.17) is 11.6 Å². The van der Waals surface area contributed by atoms with Gasteiger partial charge in [0, 0.05) is 16.5 Å². The predicted molar refractivity (Wildman–Crippen MR) is 144 cm³/mol. The van der Waals surface area contributed by atoms with Crippen LogP contribution in [0, 0.1) is 29.1 Å². The minimum Gasteiger partial charge on any atom is -0.354 e. The molecular formula is C33H28ClN. The highest BCUT2D eigenvalue weighted by Gasteiger charge is 2.79. The van der Waals surface area contributed by atoms with Crippen molar-refractivity contribution >= 4 is 33.7 Å².